The Kier molecular flexibility index (Phi) is 2.73. The van der Waals surface area contributed by atoms with Crippen molar-refractivity contribution in [2.45, 2.75) is 32.2 Å². The van der Waals surface area contributed by atoms with E-state index in [4.69, 9.17) is 10.5 Å². The average Bonchev–Trinajstić information content (AvgIpc) is 2.20. The molecular formula is C12H17NO. The summed E-state index contributed by atoms with van der Waals surface area (Å²) >= 11 is 0. The molecule has 0 spiro atoms. The SMILES string of the molecule is CCOc1cccc2c1CCC[C@@H]2N. The quantitative estimate of drug-likeness (QED) is 0.779. The number of hydrogen-bond acceptors (Lipinski definition) is 2. The van der Waals surface area contributed by atoms with Gasteiger partial charge in [-0.2, -0.15) is 0 Å². The molecule has 0 saturated carbocycles. The van der Waals surface area contributed by atoms with Gasteiger partial charge in [-0.05, 0) is 43.4 Å². The minimum atomic E-state index is 0.208. The van der Waals surface area contributed by atoms with Gasteiger partial charge in [-0.1, -0.05) is 12.1 Å². The fourth-order valence-corrected chi connectivity index (χ4v) is 2.14. The van der Waals surface area contributed by atoms with Crippen molar-refractivity contribution in [3.05, 3.63) is 29.3 Å². The fourth-order valence-electron chi connectivity index (χ4n) is 2.14. The second-order valence-electron chi connectivity index (χ2n) is 3.76. The third-order valence-electron chi connectivity index (χ3n) is 2.81. The van der Waals surface area contributed by atoms with Gasteiger partial charge in [0.25, 0.3) is 0 Å². The molecule has 76 valence electrons. The van der Waals surface area contributed by atoms with Crippen molar-refractivity contribution in [3.63, 3.8) is 0 Å². The highest BCUT2D eigenvalue weighted by molar-refractivity contribution is 5.43. The molecule has 1 atom stereocenters. The Hall–Kier alpha value is -1.02. The molecule has 2 nitrogen and oxygen atoms in total. The lowest BCUT2D eigenvalue weighted by atomic mass is 9.88. The van der Waals surface area contributed by atoms with E-state index >= 15 is 0 Å². The first-order valence-electron chi connectivity index (χ1n) is 5.33. The van der Waals surface area contributed by atoms with Crippen LogP contribution in [0.15, 0.2) is 18.2 Å². The average molecular weight is 191 g/mol. The Morgan fingerprint density at radius 1 is 1.50 bits per heavy atom. The van der Waals surface area contributed by atoms with E-state index in [1.807, 2.05) is 19.1 Å². The van der Waals surface area contributed by atoms with Gasteiger partial charge in [-0.3, -0.25) is 0 Å². The second-order valence-corrected chi connectivity index (χ2v) is 3.76. The van der Waals surface area contributed by atoms with Gasteiger partial charge in [0.1, 0.15) is 5.75 Å². The zero-order chi connectivity index (χ0) is 9.97. The van der Waals surface area contributed by atoms with Crippen LogP contribution in [-0.2, 0) is 6.42 Å². The standard InChI is InChI=1S/C12H17NO/c1-2-14-12-8-4-5-9-10(12)6-3-7-11(9)13/h4-5,8,11H,2-3,6-7,13H2,1H3/t11-/m0/s1. The van der Waals surface area contributed by atoms with Crippen molar-refractivity contribution >= 4 is 0 Å². The molecule has 0 amide bonds. The first kappa shape index (κ1) is 9.53. The lowest BCUT2D eigenvalue weighted by Crippen LogP contribution is -2.18. The van der Waals surface area contributed by atoms with Crippen LogP contribution in [0.25, 0.3) is 0 Å². The van der Waals surface area contributed by atoms with Gasteiger partial charge < -0.3 is 10.5 Å². The number of ether oxygens (including phenoxy) is 1. The molecule has 0 bridgehead atoms. The van der Waals surface area contributed by atoms with Crippen LogP contribution in [0, 0.1) is 0 Å². The maximum atomic E-state index is 6.06. The summed E-state index contributed by atoms with van der Waals surface area (Å²) in [6, 6.07) is 6.41. The highest BCUT2D eigenvalue weighted by Crippen LogP contribution is 2.33. The number of nitrogens with two attached hydrogens (primary N) is 1. The second kappa shape index (κ2) is 4.01. The molecule has 0 radical (unpaired) electrons. The zero-order valence-corrected chi connectivity index (χ0v) is 8.62. The molecule has 2 N–H and O–H groups in total. The summed E-state index contributed by atoms with van der Waals surface area (Å²) < 4.78 is 5.60. The number of hydrogen-bond donors (Lipinski definition) is 1. The van der Waals surface area contributed by atoms with Crippen LogP contribution in [-0.4, -0.2) is 6.61 Å². The predicted octanol–water partition coefficient (Wildman–Crippen LogP) is 2.42. The van der Waals surface area contributed by atoms with E-state index in [9.17, 15) is 0 Å². The van der Waals surface area contributed by atoms with Crippen LogP contribution in [0.5, 0.6) is 5.75 Å². The third-order valence-corrected chi connectivity index (χ3v) is 2.81. The first-order valence-corrected chi connectivity index (χ1v) is 5.33. The molecule has 0 unspecified atom stereocenters. The summed E-state index contributed by atoms with van der Waals surface area (Å²) in [5.41, 5.74) is 8.66. The van der Waals surface area contributed by atoms with Crippen molar-refractivity contribution in [1.82, 2.24) is 0 Å². The number of benzene rings is 1. The molecule has 2 rings (SSSR count). The minimum Gasteiger partial charge on any atom is -0.494 e. The molecule has 0 saturated heterocycles. The lowest BCUT2D eigenvalue weighted by molar-refractivity contribution is 0.333. The Balaban J connectivity index is 2.39. The van der Waals surface area contributed by atoms with Gasteiger partial charge in [0.15, 0.2) is 0 Å². The Bertz CT molecular complexity index is 322. The van der Waals surface area contributed by atoms with Crippen LogP contribution in [0.4, 0.5) is 0 Å². The van der Waals surface area contributed by atoms with Gasteiger partial charge >= 0.3 is 0 Å². The maximum absolute atomic E-state index is 6.06. The molecule has 1 aliphatic rings. The third kappa shape index (κ3) is 1.62. The molecule has 2 heteroatoms. The Morgan fingerprint density at radius 3 is 3.14 bits per heavy atom. The van der Waals surface area contributed by atoms with E-state index in [1.54, 1.807) is 0 Å². The fraction of sp³-hybridized carbons (Fsp3) is 0.500. The van der Waals surface area contributed by atoms with Crippen molar-refractivity contribution in [2.75, 3.05) is 6.61 Å². The monoisotopic (exact) mass is 191 g/mol. The van der Waals surface area contributed by atoms with Gasteiger partial charge in [-0.25, -0.2) is 0 Å². The molecule has 0 heterocycles. The van der Waals surface area contributed by atoms with E-state index in [1.165, 1.54) is 17.5 Å². The van der Waals surface area contributed by atoms with Crippen LogP contribution in [0.2, 0.25) is 0 Å². The van der Waals surface area contributed by atoms with Crippen LogP contribution in [0.1, 0.15) is 36.9 Å². The maximum Gasteiger partial charge on any atom is 0.122 e. The Morgan fingerprint density at radius 2 is 2.36 bits per heavy atom. The van der Waals surface area contributed by atoms with Gasteiger partial charge in [-0.15, -0.1) is 0 Å². The molecule has 1 aromatic rings. The highest BCUT2D eigenvalue weighted by Gasteiger charge is 2.19. The summed E-state index contributed by atoms with van der Waals surface area (Å²) in [4.78, 5) is 0. The summed E-state index contributed by atoms with van der Waals surface area (Å²) in [6.07, 6.45) is 3.39. The topological polar surface area (TPSA) is 35.2 Å². The van der Waals surface area contributed by atoms with E-state index in [-0.39, 0.29) is 6.04 Å². The molecule has 0 aliphatic heterocycles. The minimum absolute atomic E-state index is 0.208. The van der Waals surface area contributed by atoms with Gasteiger partial charge in [0.05, 0.1) is 6.61 Å². The first-order chi connectivity index (χ1) is 6.83. The molecule has 0 aromatic heterocycles. The van der Waals surface area contributed by atoms with E-state index < -0.39 is 0 Å². The van der Waals surface area contributed by atoms with Crippen LogP contribution >= 0.6 is 0 Å². The lowest BCUT2D eigenvalue weighted by Gasteiger charge is -2.24. The van der Waals surface area contributed by atoms with E-state index in [0.29, 0.717) is 0 Å². The summed E-state index contributed by atoms with van der Waals surface area (Å²) in [5.74, 6) is 1.03. The molecule has 0 fully saturated rings. The summed E-state index contributed by atoms with van der Waals surface area (Å²) in [7, 11) is 0. The number of fused-ring (bicyclic) bond motifs is 1. The Labute approximate surface area is 85.1 Å². The van der Waals surface area contributed by atoms with Crippen LogP contribution < -0.4 is 10.5 Å². The van der Waals surface area contributed by atoms with Crippen molar-refractivity contribution in [2.24, 2.45) is 5.73 Å². The largest absolute Gasteiger partial charge is 0.494 e. The van der Waals surface area contributed by atoms with Crippen molar-refractivity contribution in [1.29, 1.82) is 0 Å². The van der Waals surface area contributed by atoms with E-state index in [0.717, 1.165) is 25.2 Å². The van der Waals surface area contributed by atoms with Gasteiger partial charge in [0.2, 0.25) is 0 Å². The zero-order valence-electron chi connectivity index (χ0n) is 8.62. The van der Waals surface area contributed by atoms with E-state index in [2.05, 4.69) is 6.07 Å². The molecule has 14 heavy (non-hydrogen) atoms. The molecule has 1 aromatic carbocycles. The number of rotatable bonds is 2. The smallest absolute Gasteiger partial charge is 0.122 e. The van der Waals surface area contributed by atoms with Crippen molar-refractivity contribution < 1.29 is 4.74 Å². The molecule has 1 aliphatic carbocycles. The van der Waals surface area contributed by atoms with Gasteiger partial charge in [0, 0.05) is 6.04 Å². The normalized spacial score (nSPS) is 20.3. The van der Waals surface area contributed by atoms with Crippen molar-refractivity contribution in [3.8, 4) is 5.75 Å². The predicted molar refractivity (Wildman–Crippen MR) is 57.5 cm³/mol. The highest BCUT2D eigenvalue weighted by atomic mass is 16.5. The summed E-state index contributed by atoms with van der Waals surface area (Å²) in [5, 5.41) is 0. The summed E-state index contributed by atoms with van der Waals surface area (Å²) in [6.45, 7) is 2.74. The molecular weight excluding hydrogens is 174 g/mol. The van der Waals surface area contributed by atoms with Crippen LogP contribution in [0.3, 0.4) is 0 Å².